The summed E-state index contributed by atoms with van der Waals surface area (Å²) >= 11 is 0. The van der Waals surface area contributed by atoms with Crippen LogP contribution >= 0.6 is 0 Å². The lowest BCUT2D eigenvalue weighted by molar-refractivity contribution is 0.661. The van der Waals surface area contributed by atoms with Crippen LogP contribution in [0.25, 0.3) is 83.3 Å². The monoisotopic (exact) mass is 693 g/mol. The fourth-order valence-corrected chi connectivity index (χ4v) is 8.81. The lowest BCUT2D eigenvalue weighted by Crippen LogP contribution is -2.14. The summed E-state index contributed by atoms with van der Waals surface area (Å²) in [5, 5.41) is 4.73. The Morgan fingerprint density at radius 1 is 0.556 bits per heavy atom. The van der Waals surface area contributed by atoms with Crippen LogP contribution in [0.5, 0.6) is 0 Å². The van der Waals surface area contributed by atoms with Gasteiger partial charge in [0.1, 0.15) is 11.2 Å². The van der Waals surface area contributed by atoms with Gasteiger partial charge >= 0.3 is 0 Å². The molecule has 2 heteroatoms. The van der Waals surface area contributed by atoms with Crippen molar-refractivity contribution in [3.8, 4) is 27.9 Å². The smallest absolute Gasteiger partial charge is 0.137 e. The second-order valence-electron chi connectivity index (χ2n) is 14.9. The highest BCUT2D eigenvalue weighted by molar-refractivity contribution is 6.15. The molecule has 0 unspecified atom stereocenters. The number of allylic oxidation sites excluding steroid dienone is 5. The van der Waals surface area contributed by atoms with E-state index >= 15 is 0 Å². The molecule has 0 spiro atoms. The molecule has 0 fully saturated rings. The van der Waals surface area contributed by atoms with E-state index in [0.29, 0.717) is 0 Å². The first kappa shape index (κ1) is 32.0. The number of furan rings is 1. The van der Waals surface area contributed by atoms with Crippen LogP contribution in [0.4, 0.5) is 0 Å². The maximum atomic E-state index is 6.29. The number of fused-ring (bicyclic) bond motifs is 7. The zero-order valence-electron chi connectivity index (χ0n) is 30.7. The molecule has 9 aromatic rings. The first-order valence-electron chi connectivity index (χ1n) is 18.8. The Morgan fingerprint density at radius 2 is 1.22 bits per heavy atom. The molecule has 0 N–H and O–H groups in total. The van der Waals surface area contributed by atoms with Gasteiger partial charge in [0, 0.05) is 21.6 Å². The maximum Gasteiger partial charge on any atom is 0.137 e. The van der Waals surface area contributed by atoms with Gasteiger partial charge in [-0.15, -0.1) is 0 Å². The molecule has 1 aliphatic carbocycles. The molecule has 54 heavy (non-hydrogen) atoms. The van der Waals surface area contributed by atoms with E-state index in [0.717, 1.165) is 27.6 Å². The predicted molar refractivity (Wildman–Crippen MR) is 229 cm³/mol. The Kier molecular flexibility index (Phi) is 7.42. The van der Waals surface area contributed by atoms with Gasteiger partial charge in [-0.05, 0) is 106 Å². The van der Waals surface area contributed by atoms with Crippen molar-refractivity contribution in [1.82, 2.24) is 4.57 Å². The van der Waals surface area contributed by atoms with Crippen molar-refractivity contribution in [3.05, 3.63) is 198 Å². The Labute approximate surface area is 315 Å². The third-order valence-electron chi connectivity index (χ3n) is 11.4. The number of benzene rings is 7. The molecule has 7 aromatic carbocycles. The molecule has 10 rings (SSSR count). The van der Waals surface area contributed by atoms with Crippen LogP contribution in [-0.2, 0) is 5.41 Å². The summed E-state index contributed by atoms with van der Waals surface area (Å²) in [5.41, 5.74) is 16.7. The number of hydrogen-bond acceptors (Lipinski definition) is 1. The molecular weight excluding hydrogens is 655 g/mol. The van der Waals surface area contributed by atoms with Crippen molar-refractivity contribution in [3.63, 3.8) is 0 Å². The zero-order chi connectivity index (χ0) is 36.4. The minimum Gasteiger partial charge on any atom is -0.456 e. The highest BCUT2D eigenvalue weighted by atomic mass is 16.3. The number of hydrogen-bond donors (Lipinski definition) is 0. The second kappa shape index (κ2) is 12.5. The molecule has 1 aliphatic rings. The maximum absolute atomic E-state index is 6.29. The lowest BCUT2D eigenvalue weighted by Gasteiger charge is -2.21. The zero-order valence-corrected chi connectivity index (χ0v) is 30.7. The van der Waals surface area contributed by atoms with E-state index in [9.17, 15) is 0 Å². The third-order valence-corrected chi connectivity index (χ3v) is 11.4. The summed E-state index contributed by atoms with van der Waals surface area (Å²) in [5.74, 6) is 0. The topological polar surface area (TPSA) is 18.1 Å². The Hall–Kier alpha value is -6.64. The van der Waals surface area contributed by atoms with Crippen LogP contribution in [0.3, 0.4) is 0 Å². The van der Waals surface area contributed by atoms with Crippen molar-refractivity contribution in [1.29, 1.82) is 0 Å². The summed E-state index contributed by atoms with van der Waals surface area (Å²) < 4.78 is 8.69. The van der Waals surface area contributed by atoms with E-state index in [4.69, 9.17) is 4.42 Å². The van der Waals surface area contributed by atoms with Crippen molar-refractivity contribution in [2.24, 2.45) is 0 Å². The Balaban J connectivity index is 1.01. The molecule has 0 radical (unpaired) electrons. The third kappa shape index (κ3) is 5.02. The normalized spacial score (nSPS) is 15.5. The first-order chi connectivity index (χ1) is 26.5. The molecule has 2 aromatic heterocycles. The largest absolute Gasteiger partial charge is 0.456 e. The van der Waals surface area contributed by atoms with Gasteiger partial charge in [-0.3, -0.25) is 0 Å². The molecule has 0 aliphatic heterocycles. The Bertz CT molecular complexity index is 3030. The van der Waals surface area contributed by atoms with Crippen LogP contribution in [-0.4, -0.2) is 4.57 Å². The number of aromatic nitrogens is 1. The average molecular weight is 694 g/mol. The van der Waals surface area contributed by atoms with Gasteiger partial charge in [0.05, 0.1) is 22.1 Å². The van der Waals surface area contributed by atoms with Gasteiger partial charge in [0.2, 0.25) is 0 Å². The van der Waals surface area contributed by atoms with Crippen molar-refractivity contribution in [2.45, 2.75) is 26.2 Å². The molecule has 0 amide bonds. The van der Waals surface area contributed by atoms with E-state index in [1.165, 1.54) is 71.9 Å². The van der Waals surface area contributed by atoms with Crippen LogP contribution in [0.1, 0.15) is 37.5 Å². The molecule has 0 saturated carbocycles. The van der Waals surface area contributed by atoms with Gasteiger partial charge in [0.25, 0.3) is 0 Å². The predicted octanol–water partition coefficient (Wildman–Crippen LogP) is 14.4. The fourth-order valence-electron chi connectivity index (χ4n) is 8.81. The highest BCUT2D eigenvalue weighted by Crippen LogP contribution is 2.49. The highest BCUT2D eigenvalue weighted by Gasteiger charge is 2.37. The van der Waals surface area contributed by atoms with Gasteiger partial charge in [-0.2, -0.15) is 0 Å². The van der Waals surface area contributed by atoms with Crippen LogP contribution in [0.15, 0.2) is 186 Å². The summed E-state index contributed by atoms with van der Waals surface area (Å²) in [4.78, 5) is 0. The van der Waals surface area contributed by atoms with Gasteiger partial charge in [0.15, 0.2) is 0 Å². The number of para-hydroxylation sites is 2. The van der Waals surface area contributed by atoms with Crippen LogP contribution in [0, 0.1) is 0 Å². The molecule has 2 nitrogen and oxygen atoms in total. The van der Waals surface area contributed by atoms with Gasteiger partial charge in [-0.25, -0.2) is 0 Å². The SMILES string of the molecule is C/C=C1/C(=C\C=C/c2cccc(-c3cccc(-c4ccc5c(c4)c4ccccc4n5-c4cccc5oc6ccccc6c45)c3)c2)C(C)(C)c2ccccc21. The molecule has 0 bridgehead atoms. The van der Waals surface area contributed by atoms with E-state index in [1.54, 1.807) is 0 Å². The minimum atomic E-state index is -0.0360. The van der Waals surface area contributed by atoms with E-state index < -0.39 is 0 Å². The molecular formula is C52H39NO. The average Bonchev–Trinajstić information content (AvgIpc) is 3.83. The molecule has 0 saturated heterocycles. The second-order valence-corrected chi connectivity index (χ2v) is 14.9. The van der Waals surface area contributed by atoms with E-state index in [2.05, 4.69) is 195 Å². The van der Waals surface area contributed by atoms with Gasteiger partial charge < -0.3 is 8.98 Å². The first-order valence-corrected chi connectivity index (χ1v) is 18.8. The van der Waals surface area contributed by atoms with Gasteiger partial charge in [-0.1, -0.05) is 147 Å². The lowest BCUT2D eigenvalue weighted by atomic mass is 9.82. The summed E-state index contributed by atoms with van der Waals surface area (Å²) in [6, 6.07) is 56.9. The Morgan fingerprint density at radius 3 is 2.07 bits per heavy atom. The summed E-state index contributed by atoms with van der Waals surface area (Å²) in [6.45, 7) is 6.80. The van der Waals surface area contributed by atoms with Crippen LogP contribution in [0.2, 0.25) is 0 Å². The molecule has 0 atom stereocenters. The van der Waals surface area contributed by atoms with Crippen molar-refractivity contribution >= 4 is 55.4 Å². The molecule has 258 valence electrons. The summed E-state index contributed by atoms with van der Waals surface area (Å²) in [7, 11) is 0. The fraction of sp³-hybridized carbons (Fsp3) is 0.0769. The summed E-state index contributed by atoms with van der Waals surface area (Å²) in [6.07, 6.45) is 8.99. The molecule has 2 heterocycles. The number of rotatable bonds is 5. The van der Waals surface area contributed by atoms with Crippen molar-refractivity contribution < 1.29 is 4.42 Å². The quantitative estimate of drug-likeness (QED) is 0.175. The van der Waals surface area contributed by atoms with E-state index in [-0.39, 0.29) is 5.41 Å². The van der Waals surface area contributed by atoms with Crippen LogP contribution < -0.4 is 0 Å². The van der Waals surface area contributed by atoms with Crippen molar-refractivity contribution in [2.75, 3.05) is 0 Å². The van der Waals surface area contributed by atoms with E-state index in [1.807, 2.05) is 12.1 Å². The minimum absolute atomic E-state index is 0.0360. The standard InChI is InChI=1S/C52H39NO/c1-4-39-40-20-5-8-23-45(40)52(2,3)44(39)24-12-16-34-15-11-17-35(31-34)36-18-13-19-37(32-36)38-29-30-47-43(33-38)41-21-6-9-25-46(41)53(47)48-26-14-28-50-51(48)42-22-7-10-27-49(42)54-50/h4-33H,1-3H3/b16-12-,39-4+,44-24+. The number of nitrogens with zero attached hydrogens (tertiary/aromatic N) is 1.